The van der Waals surface area contributed by atoms with Crippen LogP contribution in [0.2, 0.25) is 0 Å². The highest BCUT2D eigenvalue weighted by molar-refractivity contribution is 5.69. The van der Waals surface area contributed by atoms with Crippen LogP contribution in [0.5, 0.6) is 0 Å². The molecule has 2 nitrogen and oxygen atoms in total. The number of carbonyl (C=O) groups is 1. The highest BCUT2D eigenvalue weighted by Gasteiger charge is 1.97. The molecule has 0 saturated carbocycles. The Morgan fingerprint density at radius 3 is 2.35 bits per heavy atom. The molecular weight excluding hydrogens is 212 g/mol. The van der Waals surface area contributed by atoms with Crippen LogP contribution in [0.3, 0.4) is 0 Å². The Morgan fingerprint density at radius 2 is 1.71 bits per heavy atom. The molecule has 0 aliphatic carbocycles. The summed E-state index contributed by atoms with van der Waals surface area (Å²) in [6, 6.07) is 0. The quantitative estimate of drug-likeness (QED) is 0.303. The van der Waals surface area contributed by atoms with Crippen molar-refractivity contribution in [1.82, 2.24) is 0 Å². The molecule has 0 spiro atoms. The van der Waals surface area contributed by atoms with E-state index in [1.807, 2.05) is 13.0 Å². The maximum atomic E-state index is 11.0. The molecular formula is C15H26O2. The van der Waals surface area contributed by atoms with Crippen LogP contribution in [-0.4, -0.2) is 12.6 Å². The van der Waals surface area contributed by atoms with Gasteiger partial charge in [-0.1, -0.05) is 31.1 Å². The van der Waals surface area contributed by atoms with Gasteiger partial charge in [0.1, 0.15) is 0 Å². The van der Waals surface area contributed by atoms with Gasteiger partial charge in [-0.3, -0.25) is 4.79 Å². The van der Waals surface area contributed by atoms with Crippen LogP contribution in [0, 0.1) is 0 Å². The van der Waals surface area contributed by atoms with E-state index in [1.54, 1.807) is 0 Å². The second-order valence-corrected chi connectivity index (χ2v) is 4.10. The standard InChI is InChI=1S/C15H26O2/c1-3-5-6-7-8-9-10-11-12-13-14-15(16)17-4-2/h3,11-12H,1,4-10,13-14H2,2H3. The SMILES string of the molecule is C=CCCCCCCC=CCCC(=O)OCC. The number of carbonyl (C=O) groups excluding carboxylic acids is 1. The first-order valence-corrected chi connectivity index (χ1v) is 6.72. The molecule has 0 aromatic carbocycles. The second-order valence-electron chi connectivity index (χ2n) is 4.10. The summed E-state index contributed by atoms with van der Waals surface area (Å²) in [7, 11) is 0. The summed E-state index contributed by atoms with van der Waals surface area (Å²) in [6.45, 7) is 6.02. The first-order chi connectivity index (χ1) is 8.31. The van der Waals surface area contributed by atoms with Crippen LogP contribution >= 0.6 is 0 Å². The molecule has 0 saturated heterocycles. The maximum Gasteiger partial charge on any atom is 0.306 e. The molecule has 98 valence electrons. The van der Waals surface area contributed by atoms with Crippen LogP contribution in [0.4, 0.5) is 0 Å². The zero-order chi connectivity index (χ0) is 12.8. The van der Waals surface area contributed by atoms with Gasteiger partial charge in [0.15, 0.2) is 0 Å². The van der Waals surface area contributed by atoms with Crippen LogP contribution < -0.4 is 0 Å². The van der Waals surface area contributed by atoms with Gasteiger partial charge in [-0.2, -0.15) is 0 Å². The molecule has 0 aliphatic heterocycles. The van der Waals surface area contributed by atoms with Crippen molar-refractivity contribution in [3.8, 4) is 0 Å². The van der Waals surface area contributed by atoms with Crippen molar-refractivity contribution in [3.63, 3.8) is 0 Å². The van der Waals surface area contributed by atoms with Gasteiger partial charge in [0.05, 0.1) is 6.61 Å². The number of hydrogen-bond donors (Lipinski definition) is 0. The monoisotopic (exact) mass is 238 g/mol. The Labute approximate surface area is 106 Å². The maximum absolute atomic E-state index is 11.0. The summed E-state index contributed by atoms with van der Waals surface area (Å²) in [5.74, 6) is -0.0958. The van der Waals surface area contributed by atoms with Crippen molar-refractivity contribution >= 4 is 5.97 Å². The average Bonchev–Trinajstić information content (AvgIpc) is 2.32. The molecule has 0 rings (SSSR count). The summed E-state index contributed by atoms with van der Waals surface area (Å²) in [4.78, 5) is 11.0. The summed E-state index contributed by atoms with van der Waals surface area (Å²) < 4.78 is 4.84. The number of allylic oxidation sites excluding steroid dienone is 3. The van der Waals surface area contributed by atoms with Gasteiger partial charge in [-0.15, -0.1) is 6.58 Å². The minimum atomic E-state index is -0.0958. The van der Waals surface area contributed by atoms with Crippen molar-refractivity contribution in [2.75, 3.05) is 6.61 Å². The van der Waals surface area contributed by atoms with E-state index in [1.165, 1.54) is 25.7 Å². The highest BCUT2D eigenvalue weighted by atomic mass is 16.5. The van der Waals surface area contributed by atoms with E-state index in [0.29, 0.717) is 13.0 Å². The molecule has 0 aliphatic rings. The lowest BCUT2D eigenvalue weighted by atomic mass is 10.1. The summed E-state index contributed by atoms with van der Waals surface area (Å²) in [5, 5.41) is 0. The van der Waals surface area contributed by atoms with Crippen LogP contribution in [-0.2, 0) is 9.53 Å². The number of unbranched alkanes of at least 4 members (excludes halogenated alkanes) is 5. The van der Waals surface area contributed by atoms with Crippen LogP contribution in [0.15, 0.2) is 24.8 Å². The Balaban J connectivity index is 3.19. The minimum Gasteiger partial charge on any atom is -0.466 e. The lowest BCUT2D eigenvalue weighted by Gasteiger charge is -1.98. The normalized spacial score (nSPS) is 10.6. The zero-order valence-electron chi connectivity index (χ0n) is 11.1. The van der Waals surface area contributed by atoms with E-state index in [2.05, 4.69) is 18.7 Å². The first kappa shape index (κ1) is 16.0. The van der Waals surface area contributed by atoms with Crippen molar-refractivity contribution in [2.45, 2.75) is 58.3 Å². The number of hydrogen-bond acceptors (Lipinski definition) is 2. The third kappa shape index (κ3) is 12.9. The topological polar surface area (TPSA) is 26.3 Å². The average molecular weight is 238 g/mol. The van der Waals surface area contributed by atoms with Gasteiger partial charge in [-0.05, 0) is 39.0 Å². The smallest absolute Gasteiger partial charge is 0.306 e. The van der Waals surface area contributed by atoms with Crippen molar-refractivity contribution in [2.24, 2.45) is 0 Å². The molecule has 2 heteroatoms. The summed E-state index contributed by atoms with van der Waals surface area (Å²) in [6.07, 6.45) is 14.9. The third-order valence-electron chi connectivity index (χ3n) is 2.52. The number of ether oxygens (including phenoxy) is 1. The predicted molar refractivity (Wildman–Crippen MR) is 72.9 cm³/mol. The Hall–Kier alpha value is -1.05. The summed E-state index contributed by atoms with van der Waals surface area (Å²) in [5.41, 5.74) is 0. The largest absolute Gasteiger partial charge is 0.466 e. The van der Waals surface area contributed by atoms with Crippen molar-refractivity contribution in [3.05, 3.63) is 24.8 Å². The van der Waals surface area contributed by atoms with Gasteiger partial charge >= 0.3 is 5.97 Å². The molecule has 17 heavy (non-hydrogen) atoms. The van der Waals surface area contributed by atoms with E-state index in [-0.39, 0.29) is 5.97 Å². The van der Waals surface area contributed by atoms with Gasteiger partial charge in [0.25, 0.3) is 0 Å². The predicted octanol–water partition coefficient (Wildman–Crippen LogP) is 4.41. The van der Waals surface area contributed by atoms with Crippen LogP contribution in [0.1, 0.15) is 58.3 Å². The van der Waals surface area contributed by atoms with E-state index in [4.69, 9.17) is 4.74 Å². The van der Waals surface area contributed by atoms with E-state index in [0.717, 1.165) is 19.3 Å². The van der Waals surface area contributed by atoms with E-state index in [9.17, 15) is 4.79 Å². The van der Waals surface area contributed by atoms with E-state index < -0.39 is 0 Å². The fourth-order valence-corrected chi connectivity index (χ4v) is 1.57. The summed E-state index contributed by atoms with van der Waals surface area (Å²) >= 11 is 0. The Bertz CT molecular complexity index is 219. The third-order valence-corrected chi connectivity index (χ3v) is 2.52. The molecule has 0 amide bonds. The first-order valence-electron chi connectivity index (χ1n) is 6.72. The molecule has 0 radical (unpaired) electrons. The van der Waals surface area contributed by atoms with Crippen LogP contribution in [0.25, 0.3) is 0 Å². The minimum absolute atomic E-state index is 0.0958. The highest BCUT2D eigenvalue weighted by Crippen LogP contribution is 2.06. The zero-order valence-corrected chi connectivity index (χ0v) is 11.1. The molecule has 0 aromatic rings. The molecule has 0 N–H and O–H groups in total. The lowest BCUT2D eigenvalue weighted by Crippen LogP contribution is -2.02. The molecule has 0 heterocycles. The molecule has 0 aromatic heterocycles. The Kier molecular flexibility index (Phi) is 12.2. The Morgan fingerprint density at radius 1 is 1.06 bits per heavy atom. The molecule has 0 fully saturated rings. The molecule has 0 atom stereocenters. The van der Waals surface area contributed by atoms with Crippen molar-refractivity contribution in [1.29, 1.82) is 0 Å². The number of rotatable bonds is 11. The van der Waals surface area contributed by atoms with Gasteiger partial charge in [0.2, 0.25) is 0 Å². The fourth-order valence-electron chi connectivity index (χ4n) is 1.57. The van der Waals surface area contributed by atoms with Crippen molar-refractivity contribution < 1.29 is 9.53 Å². The van der Waals surface area contributed by atoms with Gasteiger partial charge in [0, 0.05) is 6.42 Å². The fraction of sp³-hybridized carbons (Fsp3) is 0.667. The molecule has 0 bridgehead atoms. The second kappa shape index (κ2) is 13.0. The van der Waals surface area contributed by atoms with Gasteiger partial charge < -0.3 is 4.74 Å². The molecule has 0 unspecified atom stereocenters. The number of esters is 1. The van der Waals surface area contributed by atoms with E-state index >= 15 is 0 Å². The lowest BCUT2D eigenvalue weighted by molar-refractivity contribution is -0.142. The van der Waals surface area contributed by atoms with Gasteiger partial charge in [-0.25, -0.2) is 0 Å².